The van der Waals surface area contributed by atoms with Crippen LogP contribution in [0.1, 0.15) is 47.1 Å². The summed E-state index contributed by atoms with van der Waals surface area (Å²) in [5.74, 6) is 0.392. The summed E-state index contributed by atoms with van der Waals surface area (Å²) in [5, 5.41) is 3.29. The van der Waals surface area contributed by atoms with E-state index in [-0.39, 0.29) is 11.9 Å². The summed E-state index contributed by atoms with van der Waals surface area (Å²) >= 11 is 0. The molecular weight excluding hydrogens is 358 g/mol. The Labute approximate surface area is 170 Å². The van der Waals surface area contributed by atoms with Gasteiger partial charge in [-0.3, -0.25) is 4.79 Å². The van der Waals surface area contributed by atoms with Gasteiger partial charge in [0.15, 0.2) is 0 Å². The Bertz CT molecular complexity index is 1150. The van der Waals surface area contributed by atoms with Gasteiger partial charge < -0.3 is 10.3 Å². The standard InChI is InChI=1S/C25H23N3O/c29-24(15-19-11-10-17-6-4-5-9-21(17)19)28-25(18-7-2-1-3-8-18)20-12-13-22-23(14-20)27-16-26-22/h1-9,12-14,16,19,25H,10-11,15H2,(H,26,27)(H,28,29). The number of amides is 1. The molecule has 1 aromatic heterocycles. The summed E-state index contributed by atoms with van der Waals surface area (Å²) in [6, 6.07) is 24.6. The van der Waals surface area contributed by atoms with E-state index in [2.05, 4.69) is 57.7 Å². The van der Waals surface area contributed by atoms with Crippen molar-refractivity contribution in [1.82, 2.24) is 15.3 Å². The Kier molecular flexibility index (Phi) is 4.60. The van der Waals surface area contributed by atoms with E-state index < -0.39 is 0 Å². The number of imidazole rings is 1. The van der Waals surface area contributed by atoms with E-state index in [1.807, 2.05) is 30.3 Å². The Morgan fingerprint density at radius 3 is 2.76 bits per heavy atom. The largest absolute Gasteiger partial charge is 0.345 e. The van der Waals surface area contributed by atoms with E-state index in [1.165, 1.54) is 11.1 Å². The van der Waals surface area contributed by atoms with E-state index in [9.17, 15) is 4.79 Å². The highest BCUT2D eigenvalue weighted by Gasteiger charge is 2.26. The molecule has 2 N–H and O–H groups in total. The number of rotatable bonds is 5. The molecule has 2 atom stereocenters. The summed E-state index contributed by atoms with van der Waals surface area (Å²) in [7, 11) is 0. The van der Waals surface area contributed by atoms with Gasteiger partial charge in [0.2, 0.25) is 5.91 Å². The molecule has 0 saturated heterocycles. The lowest BCUT2D eigenvalue weighted by atomic mass is 9.95. The van der Waals surface area contributed by atoms with Gasteiger partial charge in [-0.05, 0) is 53.1 Å². The van der Waals surface area contributed by atoms with Crippen molar-refractivity contribution in [3.63, 3.8) is 0 Å². The molecule has 1 amide bonds. The summed E-state index contributed by atoms with van der Waals surface area (Å²) in [6.07, 6.45) is 4.32. The van der Waals surface area contributed by atoms with Crippen LogP contribution < -0.4 is 5.32 Å². The number of H-pyrrole nitrogens is 1. The number of nitrogens with one attached hydrogen (secondary N) is 2. The molecule has 2 unspecified atom stereocenters. The van der Waals surface area contributed by atoms with Crippen molar-refractivity contribution in [1.29, 1.82) is 0 Å². The molecule has 1 aliphatic carbocycles. The fourth-order valence-corrected chi connectivity index (χ4v) is 4.44. The molecule has 0 saturated carbocycles. The number of aromatic amines is 1. The number of hydrogen-bond donors (Lipinski definition) is 2. The molecule has 1 heterocycles. The minimum absolute atomic E-state index is 0.0882. The quantitative estimate of drug-likeness (QED) is 0.517. The number of fused-ring (bicyclic) bond motifs is 2. The number of aryl methyl sites for hydroxylation is 1. The van der Waals surface area contributed by atoms with Crippen LogP contribution in [0.15, 0.2) is 79.1 Å². The zero-order valence-corrected chi connectivity index (χ0v) is 16.1. The second-order valence-electron chi connectivity index (χ2n) is 7.73. The number of benzene rings is 3. The lowest BCUT2D eigenvalue weighted by molar-refractivity contribution is -0.122. The molecule has 4 nitrogen and oxygen atoms in total. The second kappa shape index (κ2) is 7.55. The van der Waals surface area contributed by atoms with Crippen LogP contribution in [0.2, 0.25) is 0 Å². The molecular formula is C25H23N3O. The Morgan fingerprint density at radius 1 is 1.03 bits per heavy atom. The van der Waals surface area contributed by atoms with Gasteiger partial charge in [-0.2, -0.15) is 0 Å². The molecule has 0 aliphatic heterocycles. The van der Waals surface area contributed by atoms with E-state index in [1.54, 1.807) is 6.33 Å². The highest BCUT2D eigenvalue weighted by atomic mass is 16.1. The van der Waals surface area contributed by atoms with Crippen molar-refractivity contribution in [2.24, 2.45) is 0 Å². The van der Waals surface area contributed by atoms with Crippen LogP contribution >= 0.6 is 0 Å². The number of aromatic nitrogens is 2. The molecule has 4 aromatic rings. The van der Waals surface area contributed by atoms with E-state index in [4.69, 9.17) is 0 Å². The minimum Gasteiger partial charge on any atom is -0.345 e. The van der Waals surface area contributed by atoms with Crippen molar-refractivity contribution >= 4 is 16.9 Å². The fraction of sp³-hybridized carbons (Fsp3) is 0.200. The molecule has 3 aromatic carbocycles. The van der Waals surface area contributed by atoms with Gasteiger partial charge in [-0.15, -0.1) is 0 Å². The van der Waals surface area contributed by atoms with Crippen molar-refractivity contribution in [3.05, 3.63) is 101 Å². The maximum atomic E-state index is 13.0. The molecule has 144 valence electrons. The van der Waals surface area contributed by atoms with Crippen LogP contribution in [-0.2, 0) is 11.2 Å². The lowest BCUT2D eigenvalue weighted by Gasteiger charge is -2.21. The molecule has 1 aliphatic rings. The maximum absolute atomic E-state index is 13.0. The second-order valence-corrected chi connectivity index (χ2v) is 7.73. The predicted octanol–water partition coefficient (Wildman–Crippen LogP) is 4.89. The third-order valence-corrected chi connectivity index (χ3v) is 5.90. The molecule has 4 heteroatoms. The Morgan fingerprint density at radius 2 is 1.86 bits per heavy atom. The van der Waals surface area contributed by atoms with Gasteiger partial charge in [-0.1, -0.05) is 60.7 Å². The van der Waals surface area contributed by atoms with Gasteiger partial charge in [0.05, 0.1) is 23.4 Å². The third kappa shape index (κ3) is 3.54. The SMILES string of the molecule is O=C(CC1CCc2ccccc21)NC(c1ccccc1)c1ccc2nc[nH]c2c1. The number of nitrogens with zero attached hydrogens (tertiary/aromatic N) is 1. The molecule has 0 fully saturated rings. The van der Waals surface area contributed by atoms with Crippen molar-refractivity contribution in [2.75, 3.05) is 0 Å². The molecule has 5 rings (SSSR count). The van der Waals surface area contributed by atoms with Crippen molar-refractivity contribution in [2.45, 2.75) is 31.2 Å². The highest BCUT2D eigenvalue weighted by molar-refractivity contribution is 5.79. The summed E-state index contributed by atoms with van der Waals surface area (Å²) in [4.78, 5) is 20.5. The van der Waals surface area contributed by atoms with Crippen LogP contribution in [-0.4, -0.2) is 15.9 Å². The first-order chi connectivity index (χ1) is 14.3. The van der Waals surface area contributed by atoms with Crippen molar-refractivity contribution < 1.29 is 4.79 Å². The highest BCUT2D eigenvalue weighted by Crippen LogP contribution is 2.35. The third-order valence-electron chi connectivity index (χ3n) is 5.90. The number of carbonyl (C=O) groups is 1. The zero-order chi connectivity index (χ0) is 19.6. The summed E-state index contributed by atoms with van der Waals surface area (Å²) < 4.78 is 0. The van der Waals surface area contributed by atoms with Gasteiger partial charge in [0.1, 0.15) is 0 Å². The number of carbonyl (C=O) groups excluding carboxylic acids is 1. The molecule has 29 heavy (non-hydrogen) atoms. The normalized spacial score (nSPS) is 16.5. The molecule has 0 radical (unpaired) electrons. The van der Waals surface area contributed by atoms with Gasteiger partial charge in [0, 0.05) is 6.42 Å². The first-order valence-electron chi connectivity index (χ1n) is 10.1. The first-order valence-corrected chi connectivity index (χ1v) is 10.1. The van der Waals surface area contributed by atoms with Gasteiger partial charge in [0.25, 0.3) is 0 Å². The topological polar surface area (TPSA) is 57.8 Å². The minimum atomic E-state index is -0.187. The van der Waals surface area contributed by atoms with E-state index >= 15 is 0 Å². The van der Waals surface area contributed by atoms with Crippen LogP contribution in [0.4, 0.5) is 0 Å². The molecule has 0 spiro atoms. The van der Waals surface area contributed by atoms with Crippen LogP contribution in [0.25, 0.3) is 11.0 Å². The monoisotopic (exact) mass is 381 g/mol. The van der Waals surface area contributed by atoms with Gasteiger partial charge >= 0.3 is 0 Å². The van der Waals surface area contributed by atoms with E-state index in [0.29, 0.717) is 12.3 Å². The lowest BCUT2D eigenvalue weighted by Crippen LogP contribution is -2.30. The zero-order valence-electron chi connectivity index (χ0n) is 16.1. The average Bonchev–Trinajstić information content (AvgIpc) is 3.39. The Hall–Kier alpha value is -3.40. The van der Waals surface area contributed by atoms with Gasteiger partial charge in [-0.25, -0.2) is 4.98 Å². The van der Waals surface area contributed by atoms with Crippen LogP contribution in [0.3, 0.4) is 0 Å². The summed E-state index contributed by atoms with van der Waals surface area (Å²) in [6.45, 7) is 0. The fourth-order valence-electron chi connectivity index (χ4n) is 4.44. The molecule has 0 bridgehead atoms. The van der Waals surface area contributed by atoms with E-state index in [0.717, 1.165) is 35.0 Å². The first kappa shape index (κ1) is 17.7. The average molecular weight is 381 g/mol. The Balaban J connectivity index is 1.40. The smallest absolute Gasteiger partial charge is 0.221 e. The van der Waals surface area contributed by atoms with Crippen molar-refractivity contribution in [3.8, 4) is 0 Å². The maximum Gasteiger partial charge on any atom is 0.221 e. The summed E-state index contributed by atoms with van der Waals surface area (Å²) in [5.41, 5.74) is 6.74. The van der Waals surface area contributed by atoms with Crippen LogP contribution in [0, 0.1) is 0 Å². The predicted molar refractivity (Wildman–Crippen MR) is 115 cm³/mol. The van der Waals surface area contributed by atoms with Crippen LogP contribution in [0.5, 0.6) is 0 Å². The number of hydrogen-bond acceptors (Lipinski definition) is 2.